The van der Waals surface area contributed by atoms with Crippen molar-refractivity contribution in [1.29, 1.82) is 0 Å². The van der Waals surface area contributed by atoms with Crippen LogP contribution in [0.1, 0.15) is 38.2 Å². The summed E-state index contributed by atoms with van der Waals surface area (Å²) in [6.45, 7) is 3.35. The fourth-order valence-corrected chi connectivity index (χ4v) is 4.59. The van der Waals surface area contributed by atoms with Crippen molar-refractivity contribution >= 4 is 38.8 Å². The van der Waals surface area contributed by atoms with Gasteiger partial charge < -0.3 is 5.73 Å². The maximum atomic E-state index is 13.0. The molecule has 2 N–H and O–H groups in total. The monoisotopic (exact) mass is 386 g/mol. The van der Waals surface area contributed by atoms with Crippen molar-refractivity contribution < 1.29 is 9.59 Å². The Morgan fingerprint density at radius 1 is 0.964 bits per heavy atom. The number of anilines is 1. The van der Waals surface area contributed by atoms with E-state index in [1.807, 2.05) is 55.5 Å². The standard InChI is InChI=1S/C23H18N2O2S/c1-13-17(14(2)26)18(15-9-5-3-6-10-15)19-20(24)22(28-23(19)25-13)21(27)16-11-7-4-8-12-16/h3-12H,24H2,1-2H3. The zero-order chi connectivity index (χ0) is 19.8. The van der Waals surface area contributed by atoms with Gasteiger partial charge in [0.05, 0.1) is 11.4 Å². The highest BCUT2D eigenvalue weighted by Gasteiger charge is 2.25. The minimum absolute atomic E-state index is 0.0766. The van der Waals surface area contributed by atoms with E-state index in [1.54, 1.807) is 12.1 Å². The molecule has 0 fully saturated rings. The zero-order valence-corrected chi connectivity index (χ0v) is 16.3. The van der Waals surface area contributed by atoms with Crippen molar-refractivity contribution in [2.45, 2.75) is 13.8 Å². The highest BCUT2D eigenvalue weighted by atomic mass is 32.1. The largest absolute Gasteiger partial charge is 0.397 e. The number of thiophene rings is 1. The highest BCUT2D eigenvalue weighted by molar-refractivity contribution is 7.21. The Morgan fingerprint density at radius 3 is 2.18 bits per heavy atom. The first-order valence-electron chi connectivity index (χ1n) is 8.87. The van der Waals surface area contributed by atoms with Crippen LogP contribution in [0.15, 0.2) is 60.7 Å². The van der Waals surface area contributed by atoms with E-state index in [9.17, 15) is 9.59 Å². The predicted octanol–water partition coefficient (Wildman–Crippen LogP) is 5.29. The first-order chi connectivity index (χ1) is 13.5. The quantitative estimate of drug-likeness (QED) is 0.484. The molecule has 0 bridgehead atoms. The smallest absolute Gasteiger partial charge is 0.205 e. The third-order valence-electron chi connectivity index (χ3n) is 4.71. The van der Waals surface area contributed by atoms with E-state index in [0.29, 0.717) is 37.6 Å². The number of nitrogens with two attached hydrogens (primary N) is 1. The number of ketones is 2. The van der Waals surface area contributed by atoms with Gasteiger partial charge in [0, 0.05) is 22.1 Å². The molecule has 2 aromatic carbocycles. The first-order valence-corrected chi connectivity index (χ1v) is 9.69. The zero-order valence-electron chi connectivity index (χ0n) is 15.5. The summed E-state index contributed by atoms with van der Waals surface area (Å²) >= 11 is 1.27. The van der Waals surface area contributed by atoms with Gasteiger partial charge >= 0.3 is 0 Å². The molecule has 0 amide bonds. The molecule has 0 saturated heterocycles. The summed E-state index contributed by atoms with van der Waals surface area (Å²) in [5, 5.41) is 0.672. The highest BCUT2D eigenvalue weighted by Crippen LogP contribution is 2.42. The second-order valence-corrected chi connectivity index (χ2v) is 7.59. The lowest BCUT2D eigenvalue weighted by atomic mass is 9.93. The molecule has 5 heteroatoms. The fourth-order valence-electron chi connectivity index (χ4n) is 3.48. The van der Waals surface area contributed by atoms with Crippen LogP contribution >= 0.6 is 11.3 Å². The fraction of sp³-hybridized carbons (Fsp3) is 0.0870. The number of benzene rings is 2. The molecule has 138 valence electrons. The number of carbonyl (C=O) groups excluding carboxylic acids is 2. The van der Waals surface area contributed by atoms with E-state index in [-0.39, 0.29) is 11.6 Å². The van der Waals surface area contributed by atoms with Gasteiger partial charge in [-0.3, -0.25) is 9.59 Å². The molecule has 0 aliphatic carbocycles. The number of aromatic nitrogens is 1. The number of nitrogen functional groups attached to an aromatic ring is 1. The molecule has 0 unspecified atom stereocenters. The van der Waals surface area contributed by atoms with Crippen LogP contribution in [-0.4, -0.2) is 16.6 Å². The Morgan fingerprint density at radius 2 is 1.57 bits per heavy atom. The van der Waals surface area contributed by atoms with E-state index in [0.717, 1.165) is 11.1 Å². The summed E-state index contributed by atoms with van der Waals surface area (Å²) in [5.41, 5.74) is 10.2. The van der Waals surface area contributed by atoms with Gasteiger partial charge in [0.1, 0.15) is 9.71 Å². The lowest BCUT2D eigenvalue weighted by Crippen LogP contribution is -2.04. The molecule has 0 aliphatic rings. The second-order valence-electron chi connectivity index (χ2n) is 6.59. The van der Waals surface area contributed by atoms with Crippen LogP contribution in [0.3, 0.4) is 0 Å². The van der Waals surface area contributed by atoms with E-state index < -0.39 is 0 Å². The topological polar surface area (TPSA) is 73.0 Å². The lowest BCUT2D eigenvalue weighted by molar-refractivity contribution is 0.101. The predicted molar refractivity (Wildman–Crippen MR) is 114 cm³/mol. The van der Waals surface area contributed by atoms with Crippen LogP contribution in [0, 0.1) is 6.92 Å². The Hall–Kier alpha value is -3.31. The number of fused-ring (bicyclic) bond motifs is 1. The van der Waals surface area contributed by atoms with E-state index in [4.69, 9.17) is 5.73 Å². The number of Topliss-reactive ketones (excluding diaryl/α,β-unsaturated/α-hetero) is 1. The van der Waals surface area contributed by atoms with Crippen LogP contribution in [0.4, 0.5) is 5.69 Å². The molecule has 0 aliphatic heterocycles. The van der Waals surface area contributed by atoms with Gasteiger partial charge in [-0.2, -0.15) is 0 Å². The van der Waals surface area contributed by atoms with Crippen LogP contribution < -0.4 is 5.73 Å². The average molecular weight is 386 g/mol. The minimum atomic E-state index is -0.137. The molecule has 2 heterocycles. The van der Waals surface area contributed by atoms with Crippen LogP contribution in [0.25, 0.3) is 21.3 Å². The van der Waals surface area contributed by atoms with Crippen molar-refractivity contribution in [2.24, 2.45) is 0 Å². The summed E-state index contributed by atoms with van der Waals surface area (Å²) < 4.78 is 0. The molecule has 0 atom stereocenters. The summed E-state index contributed by atoms with van der Waals surface area (Å²) in [5.74, 6) is -0.213. The third-order valence-corrected chi connectivity index (χ3v) is 5.81. The van der Waals surface area contributed by atoms with Gasteiger partial charge in [0.2, 0.25) is 5.78 Å². The Labute approximate surface area is 166 Å². The van der Waals surface area contributed by atoms with Crippen molar-refractivity contribution in [2.75, 3.05) is 5.73 Å². The molecule has 4 nitrogen and oxygen atoms in total. The Kier molecular flexibility index (Phi) is 4.53. The van der Waals surface area contributed by atoms with Crippen molar-refractivity contribution in [3.8, 4) is 11.1 Å². The van der Waals surface area contributed by atoms with Crippen LogP contribution in [-0.2, 0) is 0 Å². The third kappa shape index (κ3) is 2.90. The summed E-state index contributed by atoms with van der Waals surface area (Å²) in [6.07, 6.45) is 0. The van der Waals surface area contributed by atoms with Crippen LogP contribution in [0.5, 0.6) is 0 Å². The summed E-state index contributed by atoms with van der Waals surface area (Å²) in [4.78, 5) is 31.2. The number of hydrogen-bond donors (Lipinski definition) is 1. The number of nitrogens with zero attached hydrogens (tertiary/aromatic N) is 1. The van der Waals surface area contributed by atoms with E-state index in [1.165, 1.54) is 18.3 Å². The minimum Gasteiger partial charge on any atom is -0.397 e. The number of aryl methyl sites for hydroxylation is 1. The summed E-state index contributed by atoms with van der Waals surface area (Å²) in [7, 11) is 0. The Balaban J connectivity index is 2.06. The second kappa shape index (κ2) is 7.02. The molecule has 28 heavy (non-hydrogen) atoms. The van der Waals surface area contributed by atoms with Gasteiger partial charge in [-0.15, -0.1) is 11.3 Å². The normalized spacial score (nSPS) is 10.9. The number of rotatable bonds is 4. The first kappa shape index (κ1) is 18.1. The van der Waals surface area contributed by atoms with Crippen molar-refractivity contribution in [3.05, 3.63) is 82.4 Å². The maximum Gasteiger partial charge on any atom is 0.205 e. The Bertz CT molecular complexity index is 1210. The van der Waals surface area contributed by atoms with Crippen molar-refractivity contribution in [1.82, 2.24) is 4.98 Å². The SMILES string of the molecule is CC(=O)c1c(C)nc2sc(C(=O)c3ccccc3)c(N)c2c1-c1ccccc1. The van der Waals surface area contributed by atoms with Crippen molar-refractivity contribution in [3.63, 3.8) is 0 Å². The average Bonchev–Trinajstić information content (AvgIpc) is 3.03. The molecule has 2 aromatic heterocycles. The van der Waals surface area contributed by atoms with Gasteiger partial charge in [-0.1, -0.05) is 60.7 Å². The van der Waals surface area contributed by atoms with E-state index in [2.05, 4.69) is 4.98 Å². The molecule has 4 rings (SSSR count). The number of hydrogen-bond acceptors (Lipinski definition) is 5. The molecule has 0 spiro atoms. The summed E-state index contributed by atoms with van der Waals surface area (Å²) in [6, 6.07) is 18.7. The van der Waals surface area contributed by atoms with Gasteiger partial charge in [-0.05, 0) is 19.4 Å². The molecule has 0 radical (unpaired) electrons. The molecule has 0 saturated carbocycles. The van der Waals surface area contributed by atoms with E-state index >= 15 is 0 Å². The molecular formula is C23H18N2O2S. The number of pyridine rings is 1. The molecule has 4 aromatic rings. The van der Waals surface area contributed by atoms with Gasteiger partial charge in [-0.25, -0.2) is 4.98 Å². The maximum absolute atomic E-state index is 13.0. The number of carbonyl (C=O) groups is 2. The van der Waals surface area contributed by atoms with Gasteiger partial charge in [0.25, 0.3) is 0 Å². The van der Waals surface area contributed by atoms with Crippen LogP contribution in [0.2, 0.25) is 0 Å². The molecular weight excluding hydrogens is 368 g/mol. The van der Waals surface area contributed by atoms with Gasteiger partial charge in [0.15, 0.2) is 5.78 Å². The lowest BCUT2D eigenvalue weighted by Gasteiger charge is -2.12.